The molecule has 0 bridgehead atoms. The standard InChI is InChI=1S/C14H20ClNO2/c1-14(2,8-9-15)10-16-13(17)11-6-4-5-7-12(11)18-3/h4-7H,8-10H2,1-3H3,(H,16,17). The van der Waals surface area contributed by atoms with Crippen LogP contribution in [0.25, 0.3) is 0 Å². The molecule has 0 saturated heterocycles. The normalized spacial score (nSPS) is 11.1. The zero-order chi connectivity index (χ0) is 13.6. The minimum Gasteiger partial charge on any atom is -0.496 e. The van der Waals surface area contributed by atoms with Crippen molar-refractivity contribution in [2.45, 2.75) is 20.3 Å². The lowest BCUT2D eigenvalue weighted by molar-refractivity contribution is 0.0933. The van der Waals surface area contributed by atoms with E-state index in [-0.39, 0.29) is 11.3 Å². The van der Waals surface area contributed by atoms with Crippen molar-refractivity contribution in [3.8, 4) is 5.75 Å². The Hall–Kier alpha value is -1.22. The summed E-state index contributed by atoms with van der Waals surface area (Å²) in [6, 6.07) is 7.19. The maximum atomic E-state index is 12.1. The van der Waals surface area contributed by atoms with E-state index in [0.29, 0.717) is 23.7 Å². The van der Waals surface area contributed by atoms with Crippen molar-refractivity contribution in [2.24, 2.45) is 5.41 Å². The molecular weight excluding hydrogens is 250 g/mol. The van der Waals surface area contributed by atoms with Gasteiger partial charge in [-0.15, -0.1) is 11.6 Å². The molecular formula is C14H20ClNO2. The number of halogens is 1. The zero-order valence-corrected chi connectivity index (χ0v) is 11.9. The van der Waals surface area contributed by atoms with Crippen LogP contribution in [0.3, 0.4) is 0 Å². The third kappa shape index (κ3) is 4.22. The van der Waals surface area contributed by atoms with Crippen molar-refractivity contribution in [3.63, 3.8) is 0 Å². The molecule has 1 aromatic carbocycles. The second-order valence-electron chi connectivity index (χ2n) is 4.99. The molecule has 1 rings (SSSR count). The summed E-state index contributed by atoms with van der Waals surface area (Å²) in [6.07, 6.45) is 0.862. The molecule has 0 fully saturated rings. The Morgan fingerprint density at radius 2 is 2.06 bits per heavy atom. The van der Waals surface area contributed by atoms with E-state index in [0.717, 1.165) is 6.42 Å². The molecule has 1 amide bonds. The Morgan fingerprint density at radius 3 is 2.67 bits per heavy atom. The molecule has 18 heavy (non-hydrogen) atoms. The van der Waals surface area contributed by atoms with E-state index in [4.69, 9.17) is 16.3 Å². The fourth-order valence-electron chi connectivity index (χ4n) is 1.59. The van der Waals surface area contributed by atoms with Crippen molar-refractivity contribution in [1.82, 2.24) is 5.32 Å². The van der Waals surface area contributed by atoms with Gasteiger partial charge in [0.2, 0.25) is 0 Å². The number of rotatable bonds is 6. The lowest BCUT2D eigenvalue weighted by Crippen LogP contribution is -2.34. The maximum Gasteiger partial charge on any atom is 0.255 e. The van der Waals surface area contributed by atoms with Crippen molar-refractivity contribution < 1.29 is 9.53 Å². The van der Waals surface area contributed by atoms with E-state index in [1.54, 1.807) is 19.2 Å². The van der Waals surface area contributed by atoms with E-state index >= 15 is 0 Å². The van der Waals surface area contributed by atoms with Gasteiger partial charge in [0.1, 0.15) is 5.75 Å². The van der Waals surface area contributed by atoms with Crippen molar-refractivity contribution in [1.29, 1.82) is 0 Å². The van der Waals surface area contributed by atoms with Crippen LogP contribution in [0.4, 0.5) is 0 Å². The number of methoxy groups -OCH3 is 1. The van der Waals surface area contributed by atoms with Gasteiger partial charge in [0.05, 0.1) is 12.7 Å². The maximum absolute atomic E-state index is 12.1. The van der Waals surface area contributed by atoms with Crippen LogP contribution in [0.2, 0.25) is 0 Å². The van der Waals surface area contributed by atoms with E-state index in [2.05, 4.69) is 19.2 Å². The van der Waals surface area contributed by atoms with Gasteiger partial charge < -0.3 is 10.1 Å². The van der Waals surface area contributed by atoms with E-state index in [1.165, 1.54) is 0 Å². The number of benzene rings is 1. The number of ether oxygens (including phenoxy) is 1. The quantitative estimate of drug-likeness (QED) is 0.806. The highest BCUT2D eigenvalue weighted by atomic mass is 35.5. The Balaban J connectivity index is 2.66. The van der Waals surface area contributed by atoms with Crippen LogP contribution >= 0.6 is 11.6 Å². The van der Waals surface area contributed by atoms with Crippen LogP contribution in [0, 0.1) is 5.41 Å². The van der Waals surface area contributed by atoms with Gasteiger partial charge in [-0.05, 0) is 24.0 Å². The molecule has 3 nitrogen and oxygen atoms in total. The van der Waals surface area contributed by atoms with Crippen molar-refractivity contribution in [3.05, 3.63) is 29.8 Å². The molecule has 1 N–H and O–H groups in total. The molecule has 4 heteroatoms. The summed E-state index contributed by atoms with van der Waals surface area (Å²) in [5.74, 6) is 1.07. The Kier molecular flexibility index (Phi) is 5.48. The highest BCUT2D eigenvalue weighted by Gasteiger charge is 2.19. The molecule has 0 aromatic heterocycles. The molecule has 0 aliphatic carbocycles. The minimum absolute atomic E-state index is 0.000570. The van der Waals surface area contributed by atoms with Gasteiger partial charge >= 0.3 is 0 Å². The summed E-state index contributed by atoms with van der Waals surface area (Å²) in [6.45, 7) is 4.76. The second kappa shape index (κ2) is 6.64. The summed E-state index contributed by atoms with van der Waals surface area (Å²) in [5, 5.41) is 2.92. The molecule has 0 saturated carbocycles. The topological polar surface area (TPSA) is 38.3 Å². The lowest BCUT2D eigenvalue weighted by atomic mass is 9.90. The second-order valence-corrected chi connectivity index (χ2v) is 5.36. The molecule has 0 aliphatic heterocycles. The number of hydrogen-bond donors (Lipinski definition) is 1. The highest BCUT2D eigenvalue weighted by Crippen LogP contribution is 2.21. The third-order valence-electron chi connectivity index (χ3n) is 2.85. The van der Waals surface area contributed by atoms with Gasteiger partial charge in [-0.2, -0.15) is 0 Å². The monoisotopic (exact) mass is 269 g/mol. The number of para-hydroxylation sites is 1. The predicted molar refractivity (Wildman–Crippen MR) is 74.4 cm³/mol. The molecule has 0 aliphatic rings. The Bertz CT molecular complexity index is 405. The average Bonchev–Trinajstić information content (AvgIpc) is 2.36. The zero-order valence-electron chi connectivity index (χ0n) is 11.1. The van der Waals surface area contributed by atoms with Gasteiger partial charge in [0.15, 0.2) is 0 Å². The highest BCUT2D eigenvalue weighted by molar-refractivity contribution is 6.17. The van der Waals surface area contributed by atoms with E-state index < -0.39 is 0 Å². The number of hydrogen-bond acceptors (Lipinski definition) is 2. The van der Waals surface area contributed by atoms with Crippen molar-refractivity contribution >= 4 is 17.5 Å². The lowest BCUT2D eigenvalue weighted by Gasteiger charge is -2.24. The molecule has 0 unspecified atom stereocenters. The van der Waals surface area contributed by atoms with Crippen LogP contribution in [0.5, 0.6) is 5.75 Å². The smallest absolute Gasteiger partial charge is 0.255 e. The van der Waals surface area contributed by atoms with Crippen LogP contribution in [-0.2, 0) is 0 Å². The third-order valence-corrected chi connectivity index (χ3v) is 3.04. The van der Waals surface area contributed by atoms with E-state index in [9.17, 15) is 4.79 Å². The van der Waals surface area contributed by atoms with Crippen LogP contribution in [0.1, 0.15) is 30.6 Å². The van der Waals surface area contributed by atoms with Gasteiger partial charge in [-0.1, -0.05) is 26.0 Å². The summed E-state index contributed by atoms with van der Waals surface area (Å²) >= 11 is 5.73. The Morgan fingerprint density at radius 1 is 1.39 bits per heavy atom. The first-order valence-electron chi connectivity index (χ1n) is 5.97. The largest absolute Gasteiger partial charge is 0.496 e. The summed E-state index contributed by atoms with van der Waals surface area (Å²) in [4.78, 5) is 12.1. The first-order chi connectivity index (χ1) is 8.50. The van der Waals surface area contributed by atoms with Crippen molar-refractivity contribution in [2.75, 3.05) is 19.5 Å². The molecule has 100 valence electrons. The molecule has 0 atom stereocenters. The number of alkyl halides is 1. The number of carbonyl (C=O) groups excluding carboxylic acids is 1. The number of nitrogens with one attached hydrogen (secondary N) is 1. The number of amides is 1. The molecule has 0 spiro atoms. The minimum atomic E-state index is -0.116. The first-order valence-corrected chi connectivity index (χ1v) is 6.51. The van der Waals surface area contributed by atoms with Crippen LogP contribution < -0.4 is 10.1 Å². The molecule has 1 aromatic rings. The summed E-state index contributed by atoms with van der Waals surface area (Å²) in [5.41, 5.74) is 0.557. The van der Waals surface area contributed by atoms with Gasteiger partial charge in [0.25, 0.3) is 5.91 Å². The van der Waals surface area contributed by atoms with Gasteiger partial charge in [-0.3, -0.25) is 4.79 Å². The average molecular weight is 270 g/mol. The molecule has 0 heterocycles. The van der Waals surface area contributed by atoms with Gasteiger partial charge in [-0.25, -0.2) is 0 Å². The summed E-state index contributed by atoms with van der Waals surface area (Å²) in [7, 11) is 1.56. The predicted octanol–water partition coefficient (Wildman–Crippen LogP) is 3.08. The fraction of sp³-hybridized carbons (Fsp3) is 0.500. The number of carbonyl (C=O) groups is 1. The molecule has 0 radical (unpaired) electrons. The van der Waals surface area contributed by atoms with E-state index in [1.807, 2.05) is 12.1 Å². The summed E-state index contributed by atoms with van der Waals surface area (Å²) < 4.78 is 5.16. The SMILES string of the molecule is COc1ccccc1C(=O)NCC(C)(C)CCCl. The first kappa shape index (κ1) is 14.8. The Labute approximate surface area is 113 Å². The fourth-order valence-corrected chi connectivity index (χ4v) is 2.10. The van der Waals surface area contributed by atoms with Gasteiger partial charge in [0, 0.05) is 12.4 Å². The van der Waals surface area contributed by atoms with Crippen LogP contribution in [0.15, 0.2) is 24.3 Å². The van der Waals surface area contributed by atoms with Crippen LogP contribution in [-0.4, -0.2) is 25.4 Å².